The molecule has 13 heteroatoms. The lowest BCUT2D eigenvalue weighted by Gasteiger charge is -2.36. The second-order valence-electron chi connectivity index (χ2n) is 11.0. The van der Waals surface area contributed by atoms with Crippen molar-refractivity contribution in [3.8, 4) is 0 Å². The standard InChI is InChI=1S/C27H35ClF2N6O3S/c28-24-13-20(27(29,30)19-3-1-18(16-31)2-4-19)14-25(33-24)34-9-11-35(12-10-34)40(38,39)23-7-5-22(6-8-23)36-17-21(32)15-26(36)37/h5-8,13-14,18-19,21H,1-4,9-12,15-17,31-32H2/t18?,19?,21-/m1/s1. The van der Waals surface area contributed by atoms with E-state index in [0.717, 1.165) is 0 Å². The van der Waals surface area contributed by atoms with Gasteiger partial charge in [0, 0.05) is 62.4 Å². The molecule has 1 aromatic heterocycles. The van der Waals surface area contributed by atoms with E-state index in [9.17, 15) is 13.2 Å². The highest BCUT2D eigenvalue weighted by atomic mass is 35.5. The molecule has 4 N–H and O–H groups in total. The van der Waals surface area contributed by atoms with Gasteiger partial charge >= 0.3 is 0 Å². The second kappa shape index (κ2) is 11.5. The van der Waals surface area contributed by atoms with Crippen molar-refractivity contribution in [1.29, 1.82) is 0 Å². The molecule has 3 heterocycles. The lowest BCUT2D eigenvalue weighted by atomic mass is 9.77. The SMILES string of the molecule is NCC1CCC(C(F)(F)c2cc(Cl)nc(N3CCN(S(=O)(=O)c4ccc(N5C[C@H](N)CC5=O)cc4)CC3)c2)CC1. The van der Waals surface area contributed by atoms with E-state index in [1.807, 2.05) is 0 Å². The Morgan fingerprint density at radius 1 is 1.02 bits per heavy atom. The molecule has 1 aromatic carbocycles. The van der Waals surface area contributed by atoms with Crippen LogP contribution < -0.4 is 21.3 Å². The zero-order valence-corrected chi connectivity index (χ0v) is 23.8. The number of benzene rings is 1. The molecule has 2 aliphatic heterocycles. The molecule has 2 aromatic rings. The summed E-state index contributed by atoms with van der Waals surface area (Å²) in [6.45, 7) is 1.78. The number of rotatable bonds is 7. The fraction of sp³-hybridized carbons (Fsp3) is 0.556. The summed E-state index contributed by atoms with van der Waals surface area (Å²) in [6, 6.07) is 8.57. The molecular weight excluding hydrogens is 562 g/mol. The normalized spacial score (nSPS) is 25.0. The van der Waals surface area contributed by atoms with Gasteiger partial charge in [-0.3, -0.25) is 4.79 Å². The lowest BCUT2D eigenvalue weighted by Crippen LogP contribution is -2.49. The molecule has 0 bridgehead atoms. The number of piperazine rings is 1. The summed E-state index contributed by atoms with van der Waals surface area (Å²) in [7, 11) is -3.79. The average Bonchev–Trinajstić information content (AvgIpc) is 3.30. The number of hydrogen-bond acceptors (Lipinski definition) is 7. The third kappa shape index (κ3) is 5.82. The van der Waals surface area contributed by atoms with E-state index >= 15 is 8.78 Å². The van der Waals surface area contributed by atoms with Gasteiger partial charge in [-0.05, 0) is 74.5 Å². The molecule has 3 fully saturated rings. The van der Waals surface area contributed by atoms with Crippen LogP contribution in [0.15, 0.2) is 41.3 Å². The molecule has 1 saturated carbocycles. The van der Waals surface area contributed by atoms with Gasteiger partial charge in [0.1, 0.15) is 11.0 Å². The van der Waals surface area contributed by atoms with Gasteiger partial charge in [-0.1, -0.05) is 11.6 Å². The minimum absolute atomic E-state index is 0.0181. The first-order valence-electron chi connectivity index (χ1n) is 13.7. The van der Waals surface area contributed by atoms with Crippen LogP contribution in [0.5, 0.6) is 0 Å². The number of carbonyl (C=O) groups is 1. The minimum Gasteiger partial charge on any atom is -0.354 e. The highest BCUT2D eigenvalue weighted by Gasteiger charge is 2.43. The third-order valence-corrected chi connectivity index (χ3v) is 10.5. The van der Waals surface area contributed by atoms with Crippen LogP contribution in [0.2, 0.25) is 5.15 Å². The molecule has 218 valence electrons. The van der Waals surface area contributed by atoms with E-state index in [0.29, 0.717) is 56.2 Å². The topological polar surface area (TPSA) is 126 Å². The number of halogens is 3. The van der Waals surface area contributed by atoms with Crippen LogP contribution in [-0.2, 0) is 20.7 Å². The van der Waals surface area contributed by atoms with Crippen LogP contribution in [0, 0.1) is 11.8 Å². The Morgan fingerprint density at radius 3 is 2.25 bits per heavy atom. The van der Waals surface area contributed by atoms with Crippen LogP contribution in [0.3, 0.4) is 0 Å². The summed E-state index contributed by atoms with van der Waals surface area (Å²) >= 11 is 6.19. The van der Waals surface area contributed by atoms with Gasteiger partial charge in [-0.25, -0.2) is 22.2 Å². The number of pyridine rings is 1. The Balaban J connectivity index is 1.25. The number of nitrogens with two attached hydrogens (primary N) is 2. The number of alkyl halides is 2. The number of amides is 1. The van der Waals surface area contributed by atoms with Gasteiger partial charge in [-0.2, -0.15) is 4.31 Å². The van der Waals surface area contributed by atoms with E-state index in [4.69, 9.17) is 23.1 Å². The molecule has 0 radical (unpaired) electrons. The molecule has 40 heavy (non-hydrogen) atoms. The number of sulfonamides is 1. The Morgan fingerprint density at radius 2 is 1.68 bits per heavy atom. The largest absolute Gasteiger partial charge is 0.354 e. The molecule has 0 spiro atoms. The molecule has 3 aliphatic rings. The van der Waals surface area contributed by atoms with Gasteiger partial charge in [0.05, 0.1) is 4.90 Å². The smallest absolute Gasteiger partial charge is 0.276 e. The van der Waals surface area contributed by atoms with E-state index in [1.54, 1.807) is 21.9 Å². The maximum absolute atomic E-state index is 15.5. The number of aromatic nitrogens is 1. The lowest BCUT2D eigenvalue weighted by molar-refractivity contribution is -0.117. The predicted octanol–water partition coefficient (Wildman–Crippen LogP) is 3.17. The highest BCUT2D eigenvalue weighted by molar-refractivity contribution is 7.89. The Hall–Kier alpha value is -2.38. The van der Waals surface area contributed by atoms with Gasteiger partial charge < -0.3 is 21.3 Å². The van der Waals surface area contributed by atoms with Crippen LogP contribution in [0.1, 0.15) is 37.7 Å². The second-order valence-corrected chi connectivity index (χ2v) is 13.3. The van der Waals surface area contributed by atoms with Crippen molar-refractivity contribution in [2.45, 2.75) is 49.0 Å². The first-order chi connectivity index (χ1) is 19.0. The Bertz CT molecular complexity index is 1330. The van der Waals surface area contributed by atoms with Crippen LogP contribution in [-0.4, -0.2) is 68.9 Å². The summed E-state index contributed by atoms with van der Waals surface area (Å²) in [6.07, 6.45) is 2.45. The summed E-state index contributed by atoms with van der Waals surface area (Å²) in [5.74, 6) is -3.32. The van der Waals surface area contributed by atoms with Gasteiger partial charge in [0.25, 0.3) is 5.92 Å². The molecule has 5 rings (SSSR count). The molecule has 1 aliphatic carbocycles. The summed E-state index contributed by atoms with van der Waals surface area (Å²) in [5.41, 5.74) is 12.0. The minimum atomic E-state index is -3.79. The fourth-order valence-corrected chi connectivity index (χ4v) is 7.55. The maximum Gasteiger partial charge on any atom is 0.276 e. The zero-order valence-electron chi connectivity index (χ0n) is 22.2. The number of hydrogen-bond donors (Lipinski definition) is 2. The average molecular weight is 597 g/mol. The van der Waals surface area contributed by atoms with Crippen LogP contribution in [0.25, 0.3) is 0 Å². The van der Waals surface area contributed by atoms with E-state index in [2.05, 4.69) is 4.98 Å². The first-order valence-corrected chi connectivity index (χ1v) is 15.5. The highest BCUT2D eigenvalue weighted by Crippen LogP contribution is 2.45. The Labute approximate surface area is 238 Å². The molecule has 9 nitrogen and oxygen atoms in total. The van der Waals surface area contributed by atoms with Crippen molar-refractivity contribution < 1.29 is 22.0 Å². The predicted molar refractivity (Wildman–Crippen MR) is 150 cm³/mol. The van der Waals surface area contributed by atoms with Crippen molar-refractivity contribution in [3.63, 3.8) is 0 Å². The molecule has 0 unspecified atom stereocenters. The monoisotopic (exact) mass is 596 g/mol. The molecular formula is C27H35ClF2N6O3S. The summed E-state index contributed by atoms with van der Waals surface area (Å²) < 4.78 is 59.0. The van der Waals surface area contributed by atoms with Crippen LogP contribution >= 0.6 is 11.6 Å². The van der Waals surface area contributed by atoms with Crippen molar-refractivity contribution in [1.82, 2.24) is 9.29 Å². The van der Waals surface area contributed by atoms with Crippen molar-refractivity contribution in [2.75, 3.05) is 49.1 Å². The Kier molecular flexibility index (Phi) is 8.36. The number of nitrogens with zero attached hydrogens (tertiary/aromatic N) is 4. The van der Waals surface area contributed by atoms with E-state index < -0.39 is 21.9 Å². The van der Waals surface area contributed by atoms with Gasteiger partial charge in [0.15, 0.2) is 0 Å². The summed E-state index contributed by atoms with van der Waals surface area (Å²) in [5, 5.41) is -0.0181. The van der Waals surface area contributed by atoms with Crippen molar-refractivity contribution >= 4 is 39.0 Å². The van der Waals surface area contributed by atoms with Crippen LogP contribution in [0.4, 0.5) is 20.3 Å². The van der Waals surface area contributed by atoms with Gasteiger partial charge in [-0.15, -0.1) is 0 Å². The van der Waals surface area contributed by atoms with Crippen molar-refractivity contribution in [3.05, 3.63) is 47.1 Å². The quantitative estimate of drug-likeness (QED) is 0.470. The summed E-state index contributed by atoms with van der Waals surface area (Å²) in [4.78, 5) is 19.9. The molecule has 1 atom stereocenters. The molecule has 2 saturated heterocycles. The van der Waals surface area contributed by atoms with E-state index in [1.165, 1.54) is 28.6 Å². The van der Waals surface area contributed by atoms with Crippen molar-refractivity contribution in [2.24, 2.45) is 23.3 Å². The number of anilines is 2. The maximum atomic E-state index is 15.5. The van der Waals surface area contributed by atoms with E-state index in [-0.39, 0.29) is 60.2 Å². The van der Waals surface area contributed by atoms with Gasteiger partial charge in [0.2, 0.25) is 15.9 Å². The zero-order chi connectivity index (χ0) is 28.7. The first kappa shape index (κ1) is 29.1. The third-order valence-electron chi connectivity index (χ3n) is 8.36. The number of carbonyl (C=O) groups excluding carboxylic acids is 1. The fourth-order valence-electron chi connectivity index (χ4n) is 5.92. The molecule has 1 amide bonds.